The van der Waals surface area contributed by atoms with Gasteiger partial charge in [0.25, 0.3) is 0 Å². The van der Waals surface area contributed by atoms with Crippen molar-refractivity contribution in [1.82, 2.24) is 35.1 Å². The van der Waals surface area contributed by atoms with Gasteiger partial charge >= 0.3 is 6.09 Å². The van der Waals surface area contributed by atoms with Crippen molar-refractivity contribution in [2.45, 2.75) is 90.4 Å². The van der Waals surface area contributed by atoms with Gasteiger partial charge in [-0.3, -0.25) is 9.59 Å². The third kappa shape index (κ3) is 13.7. The van der Waals surface area contributed by atoms with Crippen LogP contribution in [0.5, 0.6) is 0 Å². The minimum atomic E-state index is -0.679. The van der Waals surface area contributed by atoms with E-state index in [0.29, 0.717) is 13.1 Å². The summed E-state index contributed by atoms with van der Waals surface area (Å²) in [6, 6.07) is 12.2. The second-order valence-electron chi connectivity index (χ2n) is 14.6. The normalized spacial score (nSPS) is 17.2. The summed E-state index contributed by atoms with van der Waals surface area (Å²) in [4.78, 5) is 73.4. The van der Waals surface area contributed by atoms with Crippen LogP contribution in [0.4, 0.5) is 4.79 Å². The van der Waals surface area contributed by atoms with Crippen LogP contribution in [0.15, 0.2) is 53.7 Å². The molecule has 14 nitrogen and oxygen atoms in total. The van der Waals surface area contributed by atoms with Crippen LogP contribution in [-0.4, -0.2) is 93.4 Å². The number of carbonyl (C=O) groups excluding carboxylic acids is 3. The first kappa shape index (κ1) is 58.4. The van der Waals surface area contributed by atoms with Gasteiger partial charge in [0, 0.05) is 24.2 Å². The maximum absolute atomic E-state index is 13.7. The first-order chi connectivity index (χ1) is 27.1. The van der Waals surface area contributed by atoms with Crippen molar-refractivity contribution >= 4 is 116 Å². The number of likely N-dealkylation sites (tertiary alicyclic amines) is 2. The molecule has 2 aromatic heterocycles. The molecule has 0 spiro atoms. The van der Waals surface area contributed by atoms with Gasteiger partial charge in [0.2, 0.25) is 18.2 Å². The number of ether oxygens (including phenoxy) is 1. The van der Waals surface area contributed by atoms with E-state index in [2.05, 4.69) is 37.0 Å². The van der Waals surface area contributed by atoms with E-state index in [1.54, 1.807) is 0 Å². The standard InChI is InChI=1S/C42H52N8O6.6H2S/c1-7-26(3)36(44-25-56-55-6)40(51)49-21-9-11-34(49)38-43-24-33(47-38)30-18-15-28(16-19-30)13-14-29-17-20-31-32(23-29)46-39(45-31)35-12-10-22-50(35)41(52)37(27(4)8-2)48-42(53)54-5;;;;;;/h15-20,23-27,34-37H,7-12,21-22H2,1-6H3,(H,43,47)(H,45,46)(H,48,53);6*1H2/t26-,27-,34-,35-,36-,37-;;;;;;/m0....../s1. The topological polar surface area (TPSA) is 167 Å². The fraction of sp³-hybridized carbons (Fsp3) is 0.476. The molecular weight excluding hydrogens is 905 g/mol. The number of benzene rings is 2. The molecule has 0 bridgehead atoms. The lowest BCUT2D eigenvalue weighted by Gasteiger charge is -2.30. The van der Waals surface area contributed by atoms with Crippen molar-refractivity contribution in [3.63, 3.8) is 0 Å². The van der Waals surface area contributed by atoms with Crippen molar-refractivity contribution in [2.24, 2.45) is 16.8 Å². The summed E-state index contributed by atoms with van der Waals surface area (Å²) in [6.45, 7) is 9.24. The number of hydrogen-bond acceptors (Lipinski definition) is 9. The molecule has 2 aliphatic heterocycles. The number of rotatable bonds is 13. The van der Waals surface area contributed by atoms with Crippen molar-refractivity contribution in [3.8, 4) is 23.1 Å². The Morgan fingerprint density at radius 3 is 2.05 bits per heavy atom. The summed E-state index contributed by atoms with van der Waals surface area (Å²) in [5, 5.41) is 2.74. The number of alkyl carbamates (subject to hydrolysis) is 1. The molecule has 4 aromatic rings. The summed E-state index contributed by atoms with van der Waals surface area (Å²) in [7, 11) is 2.70. The number of nitrogens with zero attached hydrogens (tertiary/aromatic N) is 5. The van der Waals surface area contributed by atoms with E-state index in [9.17, 15) is 14.4 Å². The molecule has 2 aromatic carbocycles. The van der Waals surface area contributed by atoms with Gasteiger partial charge in [-0.05, 0) is 73.4 Å². The SMILES string of the molecule is CC[C@H](C)[C@H](N=COOC)C(=O)N1CCC[C@H]1c1ncc(-c2ccc(C#Cc3ccc4nc([C@@H]5CCCN5C(=O)[C@@H](NC(=O)OC)[C@@H](C)CC)[nH]c4c3)cc2)[nH]1.S.S.S.S.S.S. The van der Waals surface area contributed by atoms with Gasteiger partial charge in [-0.1, -0.05) is 64.5 Å². The lowest BCUT2D eigenvalue weighted by Crippen LogP contribution is -2.51. The molecule has 0 saturated carbocycles. The van der Waals surface area contributed by atoms with Gasteiger partial charge in [0.1, 0.15) is 23.7 Å². The number of fused-ring (bicyclic) bond motifs is 1. The second kappa shape index (κ2) is 27.6. The highest BCUT2D eigenvalue weighted by Gasteiger charge is 2.39. The van der Waals surface area contributed by atoms with Crippen molar-refractivity contribution in [1.29, 1.82) is 0 Å². The van der Waals surface area contributed by atoms with Gasteiger partial charge < -0.3 is 34.7 Å². The number of aliphatic imine (C=N–C) groups is 1. The number of carbonyl (C=O) groups is 3. The van der Waals surface area contributed by atoms with Crippen LogP contribution < -0.4 is 5.32 Å². The molecule has 6 rings (SSSR count). The first-order valence-electron chi connectivity index (χ1n) is 19.5. The van der Waals surface area contributed by atoms with Gasteiger partial charge in [0.15, 0.2) is 0 Å². The van der Waals surface area contributed by atoms with Crippen LogP contribution in [-0.2, 0) is 24.1 Å². The Labute approximate surface area is 406 Å². The van der Waals surface area contributed by atoms with E-state index in [1.807, 2.05) is 86.2 Å². The number of methoxy groups -OCH3 is 1. The average Bonchev–Trinajstić information content (AvgIpc) is 4.06. The lowest BCUT2D eigenvalue weighted by molar-refractivity contribution is -0.188. The maximum atomic E-state index is 13.7. The van der Waals surface area contributed by atoms with Gasteiger partial charge in [-0.15, -0.1) is 0 Å². The first-order valence-corrected chi connectivity index (χ1v) is 19.5. The van der Waals surface area contributed by atoms with Crippen LogP contribution in [0.3, 0.4) is 0 Å². The molecule has 2 saturated heterocycles. The van der Waals surface area contributed by atoms with Crippen LogP contribution in [0, 0.1) is 23.7 Å². The molecule has 2 fully saturated rings. The van der Waals surface area contributed by atoms with Crippen LogP contribution >= 0.6 is 81.0 Å². The average molecular weight is 969 g/mol. The highest BCUT2D eigenvalue weighted by atomic mass is 32.1. The summed E-state index contributed by atoms with van der Waals surface area (Å²) < 4.78 is 4.80. The number of aromatic nitrogens is 4. The van der Waals surface area contributed by atoms with Crippen molar-refractivity contribution < 1.29 is 28.9 Å². The number of imidazole rings is 2. The predicted octanol–water partition coefficient (Wildman–Crippen LogP) is 7.15. The molecule has 0 radical (unpaired) electrons. The smallest absolute Gasteiger partial charge is 0.407 e. The van der Waals surface area contributed by atoms with Gasteiger partial charge in [-0.25, -0.2) is 19.8 Å². The zero-order chi connectivity index (χ0) is 39.8. The summed E-state index contributed by atoms with van der Waals surface area (Å²) in [5.41, 5.74) is 5.15. The minimum absolute atomic E-state index is 0. The number of aromatic amines is 2. The van der Waals surface area contributed by atoms with Crippen LogP contribution in [0.2, 0.25) is 0 Å². The number of H-pyrrole nitrogens is 2. The third-order valence-electron chi connectivity index (χ3n) is 11.1. The highest BCUT2D eigenvalue weighted by Crippen LogP contribution is 2.35. The zero-order valence-corrected chi connectivity index (χ0v) is 42.0. The Hall–Kier alpha value is -3.58. The third-order valence-corrected chi connectivity index (χ3v) is 11.1. The number of amides is 3. The molecule has 0 unspecified atom stereocenters. The largest absolute Gasteiger partial charge is 0.453 e. The van der Waals surface area contributed by atoms with Crippen molar-refractivity contribution in [2.75, 3.05) is 27.3 Å². The Kier molecular flexibility index (Phi) is 26.0. The molecule has 0 aliphatic carbocycles. The van der Waals surface area contributed by atoms with E-state index >= 15 is 0 Å². The molecule has 3 amide bonds. The Bertz CT molecular complexity index is 2110. The Balaban J connectivity index is 0.00000620. The fourth-order valence-electron chi connectivity index (χ4n) is 7.45. The quantitative estimate of drug-likeness (QED) is 0.0418. The van der Waals surface area contributed by atoms with Gasteiger partial charge in [0.05, 0.1) is 49.2 Å². The zero-order valence-electron chi connectivity index (χ0n) is 36.0. The van der Waals surface area contributed by atoms with E-state index in [-0.39, 0.29) is 117 Å². The van der Waals surface area contributed by atoms with E-state index in [4.69, 9.17) is 19.6 Å². The molecule has 4 heterocycles. The van der Waals surface area contributed by atoms with Crippen molar-refractivity contribution in [3.05, 3.63) is 71.4 Å². The predicted molar refractivity (Wildman–Crippen MR) is 274 cm³/mol. The fourth-order valence-corrected chi connectivity index (χ4v) is 7.45. The van der Waals surface area contributed by atoms with E-state index in [1.165, 1.54) is 20.6 Å². The Morgan fingerprint density at radius 2 is 1.44 bits per heavy atom. The molecule has 3 N–H and O–H groups in total. The summed E-state index contributed by atoms with van der Waals surface area (Å²) >= 11 is 0. The molecule has 20 heteroatoms. The molecule has 2 aliphatic rings. The number of nitrogens with one attached hydrogen (secondary N) is 3. The monoisotopic (exact) mass is 968 g/mol. The van der Waals surface area contributed by atoms with Crippen LogP contribution in [0.25, 0.3) is 22.3 Å². The lowest BCUT2D eigenvalue weighted by atomic mass is 9.97. The molecular formula is C42H64N8O6S6. The second-order valence-corrected chi connectivity index (χ2v) is 14.6. The Morgan fingerprint density at radius 1 is 0.839 bits per heavy atom. The van der Waals surface area contributed by atoms with Crippen LogP contribution in [0.1, 0.15) is 101 Å². The van der Waals surface area contributed by atoms with Gasteiger partial charge in [-0.2, -0.15) is 85.9 Å². The molecule has 344 valence electrons. The summed E-state index contributed by atoms with van der Waals surface area (Å²) in [5.74, 6) is 7.83. The minimum Gasteiger partial charge on any atom is -0.453 e. The maximum Gasteiger partial charge on any atom is 0.407 e. The molecule has 62 heavy (non-hydrogen) atoms. The molecule has 6 atom stereocenters. The number of hydrogen-bond donors (Lipinski definition) is 3. The summed E-state index contributed by atoms with van der Waals surface area (Å²) in [6.07, 6.45) is 7.25. The highest BCUT2D eigenvalue weighted by molar-refractivity contribution is 7.60. The van der Waals surface area contributed by atoms with E-state index in [0.717, 1.165) is 83.6 Å². The van der Waals surface area contributed by atoms with E-state index < -0.39 is 18.2 Å².